The lowest BCUT2D eigenvalue weighted by molar-refractivity contribution is 0.263. The fourth-order valence-electron chi connectivity index (χ4n) is 4.73. The van der Waals surface area contributed by atoms with Gasteiger partial charge in [0.05, 0.1) is 16.0 Å². The van der Waals surface area contributed by atoms with E-state index in [1.807, 2.05) is 6.20 Å². The van der Waals surface area contributed by atoms with Crippen molar-refractivity contribution in [2.75, 3.05) is 5.32 Å². The van der Waals surface area contributed by atoms with Crippen LogP contribution < -0.4 is 10.5 Å². The van der Waals surface area contributed by atoms with Crippen LogP contribution >= 0.6 is 0 Å². The molecule has 1 spiro atoms. The fraction of sp³-hybridized carbons (Fsp3) is 0.409. The Morgan fingerprint density at radius 2 is 1.81 bits per heavy atom. The van der Waals surface area contributed by atoms with Crippen LogP contribution in [0.25, 0.3) is 11.0 Å². The van der Waals surface area contributed by atoms with E-state index in [-0.39, 0.29) is 16.0 Å². The van der Waals surface area contributed by atoms with E-state index in [2.05, 4.69) is 41.0 Å². The number of hydrogen-bond donors (Lipinski definition) is 2. The second kappa shape index (κ2) is 6.86. The normalized spacial score (nSPS) is 19.5. The van der Waals surface area contributed by atoms with Crippen LogP contribution in [-0.2, 0) is 21.1 Å². The summed E-state index contributed by atoms with van der Waals surface area (Å²) in [7, 11) is -3.73. The standard InChI is InChI=1S/C22H26N6O2S/c1-21(2)18-12-15-13-24-20(26-16-6-8-17(9-7-16)31(23,29)30)27-19(15)28(18)22(14-25-21)10-4-3-5-11-22/h6-9,12-14H,3-5,10-11H2,1-2H3,(H2,23,29,30)(H,24,26,27). The van der Waals surface area contributed by atoms with Gasteiger partial charge in [-0.1, -0.05) is 19.3 Å². The molecule has 162 valence electrons. The Hall–Kier alpha value is -2.78. The predicted octanol–water partition coefficient (Wildman–Crippen LogP) is 3.80. The lowest BCUT2D eigenvalue weighted by Gasteiger charge is -2.43. The number of aliphatic imine (C=N–C) groups is 1. The number of fused-ring (bicyclic) bond motifs is 4. The highest BCUT2D eigenvalue weighted by Gasteiger charge is 2.42. The molecule has 0 unspecified atom stereocenters. The van der Waals surface area contributed by atoms with Crippen molar-refractivity contribution in [3.8, 4) is 0 Å². The molecule has 0 saturated heterocycles. The summed E-state index contributed by atoms with van der Waals surface area (Å²) in [6.45, 7) is 4.26. The molecule has 0 atom stereocenters. The molecule has 3 N–H and O–H groups in total. The van der Waals surface area contributed by atoms with E-state index in [9.17, 15) is 8.42 Å². The minimum absolute atomic E-state index is 0.0656. The lowest BCUT2D eigenvalue weighted by atomic mass is 9.80. The average Bonchev–Trinajstić information content (AvgIpc) is 3.13. The number of rotatable bonds is 3. The largest absolute Gasteiger partial charge is 0.324 e. The van der Waals surface area contributed by atoms with Crippen LogP contribution in [0.3, 0.4) is 0 Å². The maximum absolute atomic E-state index is 11.5. The second-order valence-electron chi connectivity index (χ2n) is 9.01. The van der Waals surface area contributed by atoms with E-state index in [1.54, 1.807) is 12.1 Å². The topological polar surface area (TPSA) is 115 Å². The molecule has 9 heteroatoms. The number of aromatic nitrogens is 3. The van der Waals surface area contributed by atoms with E-state index in [0.717, 1.165) is 29.6 Å². The van der Waals surface area contributed by atoms with Gasteiger partial charge < -0.3 is 9.88 Å². The number of sulfonamides is 1. The number of nitrogens with zero attached hydrogens (tertiary/aromatic N) is 4. The highest BCUT2D eigenvalue weighted by molar-refractivity contribution is 7.89. The SMILES string of the molecule is CC1(C)N=CC2(CCCCC2)n2c1cc1cnc(Nc3ccc(S(N)(=O)=O)cc3)nc12. The Bertz CT molecular complexity index is 1290. The number of hydrogen-bond acceptors (Lipinski definition) is 6. The van der Waals surface area contributed by atoms with Crippen molar-refractivity contribution < 1.29 is 8.42 Å². The Morgan fingerprint density at radius 1 is 1.10 bits per heavy atom. The molecule has 3 aromatic rings. The molecule has 0 amide bonds. The number of nitrogens with two attached hydrogens (primary N) is 1. The van der Waals surface area contributed by atoms with Gasteiger partial charge in [0.2, 0.25) is 16.0 Å². The van der Waals surface area contributed by atoms with Gasteiger partial charge in [0.15, 0.2) is 0 Å². The van der Waals surface area contributed by atoms with Crippen LogP contribution in [-0.4, -0.2) is 29.2 Å². The zero-order valence-electron chi connectivity index (χ0n) is 17.7. The van der Waals surface area contributed by atoms with Crippen LogP contribution in [0.2, 0.25) is 0 Å². The van der Waals surface area contributed by atoms with Crippen LogP contribution in [0.1, 0.15) is 51.6 Å². The smallest absolute Gasteiger partial charge is 0.238 e. The third-order valence-corrected chi connectivity index (χ3v) is 7.33. The molecule has 0 bridgehead atoms. The van der Waals surface area contributed by atoms with Gasteiger partial charge >= 0.3 is 0 Å². The summed E-state index contributed by atoms with van der Waals surface area (Å²) in [6, 6.07) is 8.39. The molecule has 31 heavy (non-hydrogen) atoms. The first-order chi connectivity index (χ1) is 14.7. The molecule has 2 aromatic heterocycles. The highest BCUT2D eigenvalue weighted by atomic mass is 32.2. The van der Waals surface area contributed by atoms with E-state index in [4.69, 9.17) is 15.1 Å². The highest BCUT2D eigenvalue weighted by Crippen LogP contribution is 2.44. The van der Waals surface area contributed by atoms with Crippen molar-refractivity contribution in [1.82, 2.24) is 14.5 Å². The van der Waals surface area contributed by atoms with Gasteiger partial charge in [0.1, 0.15) is 5.65 Å². The second-order valence-corrected chi connectivity index (χ2v) is 10.6. The zero-order chi connectivity index (χ0) is 21.9. The quantitative estimate of drug-likeness (QED) is 0.645. The molecule has 1 saturated carbocycles. The third-order valence-electron chi connectivity index (χ3n) is 6.40. The molecule has 1 aromatic carbocycles. The van der Waals surface area contributed by atoms with Gasteiger partial charge in [-0.3, -0.25) is 4.99 Å². The molecular formula is C22H26N6O2S. The molecule has 0 radical (unpaired) electrons. The van der Waals surface area contributed by atoms with E-state index in [1.165, 1.54) is 31.4 Å². The Balaban J connectivity index is 1.57. The molecule has 1 aliphatic heterocycles. The van der Waals surface area contributed by atoms with Gasteiger partial charge in [-0.05, 0) is 57.0 Å². The summed E-state index contributed by atoms with van der Waals surface area (Å²) in [4.78, 5) is 14.3. The summed E-state index contributed by atoms with van der Waals surface area (Å²) >= 11 is 0. The lowest BCUT2D eigenvalue weighted by Crippen LogP contribution is -2.44. The summed E-state index contributed by atoms with van der Waals surface area (Å²) in [5.41, 5.74) is 2.30. The first-order valence-electron chi connectivity index (χ1n) is 10.5. The van der Waals surface area contributed by atoms with Gasteiger partial charge in [0.25, 0.3) is 0 Å². The molecular weight excluding hydrogens is 412 g/mol. The Morgan fingerprint density at radius 3 is 2.48 bits per heavy atom. The summed E-state index contributed by atoms with van der Waals surface area (Å²) in [5.74, 6) is 0.461. The first kappa shape index (κ1) is 20.1. The van der Waals surface area contributed by atoms with Gasteiger partial charge in [0, 0.05) is 29.2 Å². The van der Waals surface area contributed by atoms with Crippen molar-refractivity contribution in [2.45, 2.75) is 61.9 Å². The van der Waals surface area contributed by atoms with Crippen LogP contribution in [0.4, 0.5) is 11.6 Å². The minimum Gasteiger partial charge on any atom is -0.324 e. The Labute approximate surface area is 181 Å². The molecule has 1 aliphatic carbocycles. The van der Waals surface area contributed by atoms with Crippen molar-refractivity contribution in [1.29, 1.82) is 0 Å². The van der Waals surface area contributed by atoms with Crippen molar-refractivity contribution in [3.63, 3.8) is 0 Å². The first-order valence-corrected chi connectivity index (χ1v) is 12.1. The van der Waals surface area contributed by atoms with Gasteiger partial charge in [-0.2, -0.15) is 4.98 Å². The Kier molecular flexibility index (Phi) is 4.46. The number of benzene rings is 1. The van der Waals surface area contributed by atoms with Crippen molar-refractivity contribution >= 4 is 38.9 Å². The van der Waals surface area contributed by atoms with E-state index < -0.39 is 10.0 Å². The third kappa shape index (κ3) is 3.41. The van der Waals surface area contributed by atoms with Crippen LogP contribution in [0, 0.1) is 0 Å². The molecule has 5 rings (SSSR count). The summed E-state index contributed by atoms with van der Waals surface area (Å²) in [5, 5.41) is 9.35. The molecule has 3 heterocycles. The average molecular weight is 439 g/mol. The van der Waals surface area contributed by atoms with Crippen molar-refractivity contribution in [2.24, 2.45) is 10.1 Å². The summed E-state index contributed by atoms with van der Waals surface area (Å²) < 4.78 is 25.3. The molecule has 2 aliphatic rings. The monoisotopic (exact) mass is 438 g/mol. The van der Waals surface area contributed by atoms with Crippen molar-refractivity contribution in [3.05, 3.63) is 42.2 Å². The fourth-order valence-corrected chi connectivity index (χ4v) is 5.24. The number of primary sulfonamides is 1. The number of anilines is 2. The maximum Gasteiger partial charge on any atom is 0.238 e. The minimum atomic E-state index is -3.73. The number of nitrogens with one attached hydrogen (secondary N) is 1. The van der Waals surface area contributed by atoms with E-state index >= 15 is 0 Å². The predicted molar refractivity (Wildman–Crippen MR) is 121 cm³/mol. The van der Waals surface area contributed by atoms with Crippen LogP contribution in [0.15, 0.2) is 46.4 Å². The van der Waals surface area contributed by atoms with Gasteiger partial charge in [-0.25, -0.2) is 18.5 Å². The maximum atomic E-state index is 11.5. The van der Waals surface area contributed by atoms with Gasteiger partial charge in [-0.15, -0.1) is 0 Å². The molecule has 1 fully saturated rings. The van der Waals surface area contributed by atoms with E-state index in [0.29, 0.717) is 11.6 Å². The zero-order valence-corrected chi connectivity index (χ0v) is 18.5. The summed E-state index contributed by atoms with van der Waals surface area (Å²) in [6.07, 6.45) is 9.72. The van der Waals surface area contributed by atoms with Crippen LogP contribution in [0.5, 0.6) is 0 Å². The molecule has 8 nitrogen and oxygen atoms in total.